The Morgan fingerprint density at radius 3 is 2.83 bits per heavy atom. The summed E-state index contributed by atoms with van der Waals surface area (Å²) < 4.78 is 14.9. The number of fused-ring (bicyclic) bond motifs is 3. The van der Waals surface area contributed by atoms with Crippen LogP contribution in [0.15, 0.2) is 30.5 Å². The zero-order chi connectivity index (χ0) is 16.7. The van der Waals surface area contributed by atoms with Crippen LogP contribution in [0.5, 0.6) is 0 Å². The maximum absolute atomic E-state index is 13.0. The molecule has 6 heteroatoms. The number of nitriles is 1. The van der Waals surface area contributed by atoms with Gasteiger partial charge in [0.05, 0.1) is 11.3 Å². The fraction of sp³-hybridized carbons (Fsp3) is 0.222. The first-order chi connectivity index (χ1) is 11.7. The van der Waals surface area contributed by atoms with E-state index in [0.29, 0.717) is 10.6 Å². The van der Waals surface area contributed by atoms with Crippen molar-refractivity contribution in [3.8, 4) is 16.5 Å². The Morgan fingerprint density at radius 2 is 2.08 bits per heavy atom. The number of benzene rings is 1. The summed E-state index contributed by atoms with van der Waals surface area (Å²) in [6.45, 7) is 0.736. The number of hydrogen-bond donors (Lipinski definition) is 1. The van der Waals surface area contributed by atoms with Gasteiger partial charge in [-0.25, -0.2) is 4.39 Å². The number of anilines is 1. The van der Waals surface area contributed by atoms with Gasteiger partial charge in [0.25, 0.3) is 0 Å². The minimum Gasteiger partial charge on any atom is -0.389 e. The molecule has 24 heavy (non-hydrogen) atoms. The first-order valence-corrected chi connectivity index (χ1v) is 8.59. The summed E-state index contributed by atoms with van der Waals surface area (Å²) in [7, 11) is 0. The van der Waals surface area contributed by atoms with E-state index in [0.717, 1.165) is 53.1 Å². The van der Waals surface area contributed by atoms with Crippen LogP contribution in [0, 0.1) is 17.1 Å². The Bertz CT molecular complexity index is 947. The second kappa shape index (κ2) is 5.77. The van der Waals surface area contributed by atoms with Crippen LogP contribution in [0.4, 0.5) is 9.39 Å². The van der Waals surface area contributed by atoms with Gasteiger partial charge in [0.2, 0.25) is 0 Å². The van der Waals surface area contributed by atoms with Gasteiger partial charge in [-0.3, -0.25) is 4.68 Å². The average Bonchev–Trinajstić information content (AvgIpc) is 3.13. The Morgan fingerprint density at radius 1 is 1.29 bits per heavy atom. The molecule has 1 aliphatic carbocycles. The fourth-order valence-electron chi connectivity index (χ4n) is 3.15. The van der Waals surface area contributed by atoms with E-state index in [1.54, 1.807) is 12.1 Å². The molecule has 2 aromatic heterocycles. The molecule has 120 valence electrons. The summed E-state index contributed by atoms with van der Waals surface area (Å²) in [5, 5.41) is 14.5. The predicted octanol–water partition coefficient (Wildman–Crippen LogP) is 3.55. The third-order valence-electron chi connectivity index (χ3n) is 4.38. The van der Waals surface area contributed by atoms with Crippen molar-refractivity contribution in [3.63, 3.8) is 0 Å². The molecule has 0 aliphatic heterocycles. The first-order valence-electron chi connectivity index (χ1n) is 7.78. The molecular formula is C18H15FN4S. The molecule has 2 N–H and O–H groups in total. The molecule has 2 heterocycles. The third-order valence-corrected chi connectivity index (χ3v) is 5.48. The van der Waals surface area contributed by atoms with Gasteiger partial charge in [0.1, 0.15) is 16.9 Å². The van der Waals surface area contributed by atoms with Gasteiger partial charge in [0.15, 0.2) is 0 Å². The summed E-state index contributed by atoms with van der Waals surface area (Å²) in [6.07, 6.45) is 4.47. The summed E-state index contributed by atoms with van der Waals surface area (Å²) in [5.41, 5.74) is 10.9. The number of aryl methyl sites for hydroxylation is 3. The fourth-order valence-corrected chi connectivity index (χ4v) is 4.25. The molecule has 0 fully saturated rings. The van der Waals surface area contributed by atoms with E-state index in [-0.39, 0.29) is 5.82 Å². The lowest BCUT2D eigenvalue weighted by molar-refractivity contribution is 0.601. The molecule has 0 unspecified atom stereocenters. The minimum absolute atomic E-state index is 0.218. The number of rotatable bonds is 3. The van der Waals surface area contributed by atoms with Crippen molar-refractivity contribution in [1.82, 2.24) is 9.78 Å². The summed E-state index contributed by atoms with van der Waals surface area (Å²) in [5.74, 6) is -0.218. The van der Waals surface area contributed by atoms with Gasteiger partial charge in [-0.15, -0.1) is 11.3 Å². The van der Waals surface area contributed by atoms with E-state index in [1.165, 1.54) is 23.5 Å². The molecule has 3 aromatic rings. The Kier molecular flexibility index (Phi) is 3.58. The largest absolute Gasteiger partial charge is 0.389 e. The highest BCUT2D eigenvalue weighted by Crippen LogP contribution is 2.43. The van der Waals surface area contributed by atoms with Gasteiger partial charge >= 0.3 is 0 Å². The van der Waals surface area contributed by atoms with Gasteiger partial charge in [-0.2, -0.15) is 10.4 Å². The monoisotopic (exact) mass is 338 g/mol. The normalized spacial score (nSPS) is 12.5. The van der Waals surface area contributed by atoms with Crippen molar-refractivity contribution in [2.45, 2.75) is 25.8 Å². The molecule has 0 amide bonds. The quantitative estimate of drug-likeness (QED) is 0.794. The van der Waals surface area contributed by atoms with E-state index in [2.05, 4.69) is 11.2 Å². The molecule has 0 radical (unpaired) electrons. The van der Waals surface area contributed by atoms with Crippen molar-refractivity contribution >= 4 is 16.3 Å². The number of nitrogens with two attached hydrogens (primary N) is 1. The molecule has 1 aliphatic rings. The predicted molar refractivity (Wildman–Crippen MR) is 92.2 cm³/mol. The van der Waals surface area contributed by atoms with E-state index in [9.17, 15) is 9.65 Å². The maximum Gasteiger partial charge on any atom is 0.123 e. The molecule has 0 saturated carbocycles. The van der Waals surface area contributed by atoms with Crippen LogP contribution in [0.25, 0.3) is 10.4 Å². The van der Waals surface area contributed by atoms with Crippen LogP contribution < -0.4 is 5.73 Å². The first kappa shape index (κ1) is 14.9. The third kappa shape index (κ3) is 2.47. The van der Waals surface area contributed by atoms with Crippen LogP contribution in [0.1, 0.15) is 22.4 Å². The van der Waals surface area contributed by atoms with Crippen LogP contribution in [-0.4, -0.2) is 9.78 Å². The minimum atomic E-state index is -0.218. The van der Waals surface area contributed by atoms with E-state index >= 15 is 0 Å². The number of hydrogen-bond acceptors (Lipinski definition) is 4. The highest BCUT2D eigenvalue weighted by atomic mass is 32.1. The highest BCUT2D eigenvalue weighted by Gasteiger charge is 2.26. The van der Waals surface area contributed by atoms with E-state index < -0.39 is 0 Å². The van der Waals surface area contributed by atoms with Crippen molar-refractivity contribution in [2.24, 2.45) is 0 Å². The molecule has 1 aromatic carbocycles. The number of aromatic nitrogens is 2. The smallest absolute Gasteiger partial charge is 0.123 e. The lowest BCUT2D eigenvalue weighted by atomic mass is 9.94. The Balaban J connectivity index is 1.60. The summed E-state index contributed by atoms with van der Waals surface area (Å²) in [4.78, 5) is 1.08. The molecule has 4 rings (SSSR count). The van der Waals surface area contributed by atoms with Crippen molar-refractivity contribution < 1.29 is 4.39 Å². The van der Waals surface area contributed by atoms with Crippen LogP contribution in [0.2, 0.25) is 0 Å². The van der Waals surface area contributed by atoms with Gasteiger partial charge in [-0.1, -0.05) is 12.1 Å². The van der Waals surface area contributed by atoms with E-state index in [1.807, 2.05) is 10.9 Å². The molecule has 0 atom stereocenters. The number of nitrogens with zero attached hydrogens (tertiary/aromatic N) is 3. The molecule has 0 saturated heterocycles. The average molecular weight is 338 g/mol. The Hall–Kier alpha value is -2.65. The van der Waals surface area contributed by atoms with Crippen molar-refractivity contribution in [3.05, 3.63) is 58.7 Å². The van der Waals surface area contributed by atoms with Crippen LogP contribution in [0.3, 0.4) is 0 Å². The SMILES string of the molecule is N#Cc1c(N)sc2c1CCc1nn(CCc3ccc(F)cc3)cc1-2. The second-order valence-electron chi connectivity index (χ2n) is 5.89. The second-order valence-corrected chi connectivity index (χ2v) is 6.94. The molecular weight excluding hydrogens is 323 g/mol. The molecule has 0 spiro atoms. The standard InChI is InChI=1S/C18H15FN4S/c19-12-3-1-11(2-4-12)7-8-23-10-15-16(22-23)6-5-13-14(9-20)18(21)24-17(13)15/h1-4,10H,5-8,21H2. The van der Waals surface area contributed by atoms with Gasteiger partial charge in [0, 0.05) is 23.2 Å². The summed E-state index contributed by atoms with van der Waals surface area (Å²) >= 11 is 1.47. The van der Waals surface area contributed by atoms with Crippen molar-refractivity contribution in [2.75, 3.05) is 5.73 Å². The number of halogens is 1. The number of nitrogen functional groups attached to an aromatic ring is 1. The van der Waals surface area contributed by atoms with Gasteiger partial charge < -0.3 is 5.73 Å². The maximum atomic E-state index is 13.0. The lowest BCUT2D eigenvalue weighted by Crippen LogP contribution is -2.04. The van der Waals surface area contributed by atoms with Crippen LogP contribution in [-0.2, 0) is 25.8 Å². The Labute approximate surface area is 143 Å². The molecule has 0 bridgehead atoms. The summed E-state index contributed by atoms with van der Waals surface area (Å²) in [6, 6.07) is 8.78. The van der Waals surface area contributed by atoms with Gasteiger partial charge in [-0.05, 0) is 42.5 Å². The molecule has 4 nitrogen and oxygen atoms in total. The topological polar surface area (TPSA) is 67.6 Å². The number of thiophene rings is 1. The van der Waals surface area contributed by atoms with E-state index in [4.69, 9.17) is 5.73 Å². The van der Waals surface area contributed by atoms with Crippen molar-refractivity contribution in [1.29, 1.82) is 5.26 Å². The highest BCUT2D eigenvalue weighted by molar-refractivity contribution is 7.19. The zero-order valence-electron chi connectivity index (χ0n) is 12.9. The zero-order valence-corrected chi connectivity index (χ0v) is 13.7. The van der Waals surface area contributed by atoms with Crippen LogP contribution >= 0.6 is 11.3 Å². The lowest BCUT2D eigenvalue weighted by Gasteiger charge is -2.09.